The van der Waals surface area contributed by atoms with Crippen molar-refractivity contribution in [2.75, 3.05) is 49.5 Å². The number of benzene rings is 1. The third kappa shape index (κ3) is 4.98. The Kier molecular flexibility index (Phi) is 7.14. The van der Waals surface area contributed by atoms with Crippen LogP contribution in [0.15, 0.2) is 24.4 Å². The number of β-amino-alcohol motifs (C(OH)–C–C–N with tert-alkyl or cyclic N) is 1. The molecule has 2 N–H and O–H groups in total. The molecule has 2 aromatic rings. The third-order valence-corrected chi connectivity index (χ3v) is 7.03. The summed E-state index contributed by atoms with van der Waals surface area (Å²) in [5.41, 5.74) is 2.35. The van der Waals surface area contributed by atoms with Crippen LogP contribution in [0.4, 0.5) is 11.6 Å². The molecule has 2 atom stereocenters. The van der Waals surface area contributed by atoms with E-state index in [1.54, 1.807) is 6.20 Å². The van der Waals surface area contributed by atoms with Crippen LogP contribution in [-0.4, -0.2) is 59.3 Å². The highest BCUT2D eigenvalue weighted by Gasteiger charge is 2.36. The van der Waals surface area contributed by atoms with Gasteiger partial charge in [-0.3, -0.25) is 0 Å². The molecule has 0 saturated carbocycles. The highest BCUT2D eigenvalue weighted by Crippen LogP contribution is 2.34. The average Bonchev–Trinajstić information content (AvgIpc) is 2.73. The van der Waals surface area contributed by atoms with Crippen molar-refractivity contribution in [2.24, 2.45) is 11.8 Å². The first-order valence-corrected chi connectivity index (χ1v) is 11.7. The van der Waals surface area contributed by atoms with Crippen LogP contribution in [0.1, 0.15) is 42.6 Å². The molecule has 2 fully saturated rings. The summed E-state index contributed by atoms with van der Waals surface area (Å²) in [6, 6.07) is 8.00. The van der Waals surface area contributed by atoms with Crippen molar-refractivity contribution in [3.63, 3.8) is 0 Å². The summed E-state index contributed by atoms with van der Waals surface area (Å²) < 4.78 is 0. The molecule has 0 aliphatic carbocycles. The van der Waals surface area contributed by atoms with Crippen LogP contribution in [0, 0.1) is 30.1 Å². The highest BCUT2D eigenvalue weighted by molar-refractivity contribution is 6.31. The van der Waals surface area contributed by atoms with Crippen molar-refractivity contribution < 1.29 is 5.11 Å². The number of aliphatic hydroxyl groups is 1. The lowest BCUT2D eigenvalue weighted by molar-refractivity contribution is 0.101. The molecule has 8 heteroatoms. The smallest absolute Gasteiger partial charge is 0.183 e. The van der Waals surface area contributed by atoms with Gasteiger partial charge in [-0.15, -0.1) is 0 Å². The standard InChI is InChI=1S/C24H31ClN6O/c1-16-5-6-20(21(25)10-16)17(2)28-24-22(11-26)27-12-23(29-24)31-14-19(15-31)18-4-3-7-30(13-18)8-9-32/h5-6,10,12,17-19,32H,3-4,7-9,13-15H2,1-2H3,(H,28,29)/t17-,18+/m1/s1. The molecular weight excluding hydrogens is 424 g/mol. The topological polar surface area (TPSA) is 88.3 Å². The Balaban J connectivity index is 1.42. The average molecular weight is 455 g/mol. The number of hydrogen-bond donors (Lipinski definition) is 2. The summed E-state index contributed by atoms with van der Waals surface area (Å²) in [5.74, 6) is 2.59. The Bertz CT molecular complexity index is 985. The van der Waals surface area contributed by atoms with E-state index in [4.69, 9.17) is 16.6 Å². The van der Waals surface area contributed by atoms with Gasteiger partial charge in [-0.2, -0.15) is 5.26 Å². The predicted octanol–water partition coefficient (Wildman–Crippen LogP) is 3.62. The first kappa shape index (κ1) is 22.8. The van der Waals surface area contributed by atoms with Crippen LogP contribution in [0.25, 0.3) is 0 Å². The minimum atomic E-state index is -0.108. The number of nitrogens with zero attached hydrogens (tertiary/aromatic N) is 5. The van der Waals surface area contributed by atoms with Crippen molar-refractivity contribution in [3.8, 4) is 6.07 Å². The normalized spacial score (nSPS) is 20.5. The number of aliphatic hydroxyl groups excluding tert-OH is 1. The molecular formula is C24H31ClN6O. The van der Waals surface area contributed by atoms with E-state index in [2.05, 4.69) is 26.2 Å². The molecule has 2 aliphatic rings. The van der Waals surface area contributed by atoms with Gasteiger partial charge in [0.25, 0.3) is 0 Å². The lowest BCUT2D eigenvalue weighted by atomic mass is 9.80. The van der Waals surface area contributed by atoms with Crippen LogP contribution >= 0.6 is 11.6 Å². The highest BCUT2D eigenvalue weighted by atomic mass is 35.5. The monoisotopic (exact) mass is 454 g/mol. The zero-order valence-corrected chi connectivity index (χ0v) is 19.5. The molecule has 0 bridgehead atoms. The Labute approximate surface area is 195 Å². The second-order valence-corrected chi connectivity index (χ2v) is 9.43. The van der Waals surface area contributed by atoms with Crippen molar-refractivity contribution in [1.29, 1.82) is 5.26 Å². The van der Waals surface area contributed by atoms with E-state index in [1.807, 2.05) is 32.0 Å². The van der Waals surface area contributed by atoms with E-state index >= 15 is 0 Å². The fourth-order valence-corrected chi connectivity index (χ4v) is 5.20. The van der Waals surface area contributed by atoms with E-state index in [0.717, 1.165) is 49.7 Å². The van der Waals surface area contributed by atoms with Gasteiger partial charge < -0.3 is 20.2 Å². The Morgan fingerprint density at radius 1 is 1.31 bits per heavy atom. The van der Waals surface area contributed by atoms with Gasteiger partial charge in [-0.05, 0) is 62.3 Å². The summed E-state index contributed by atoms with van der Waals surface area (Å²) in [5, 5.41) is 22.8. The van der Waals surface area contributed by atoms with Gasteiger partial charge in [-0.1, -0.05) is 23.7 Å². The number of aryl methyl sites for hydroxylation is 1. The molecule has 2 saturated heterocycles. The third-order valence-electron chi connectivity index (χ3n) is 6.70. The van der Waals surface area contributed by atoms with Crippen LogP contribution in [0.2, 0.25) is 5.02 Å². The second-order valence-electron chi connectivity index (χ2n) is 9.02. The van der Waals surface area contributed by atoms with Crippen LogP contribution in [0.5, 0.6) is 0 Å². The van der Waals surface area contributed by atoms with Crippen LogP contribution < -0.4 is 10.2 Å². The quantitative estimate of drug-likeness (QED) is 0.660. The Morgan fingerprint density at radius 3 is 2.84 bits per heavy atom. The second kappa shape index (κ2) is 10.0. The number of nitriles is 1. The maximum atomic E-state index is 9.52. The molecule has 1 aromatic carbocycles. The molecule has 0 amide bonds. The van der Waals surface area contributed by atoms with E-state index in [1.165, 1.54) is 12.8 Å². The largest absolute Gasteiger partial charge is 0.395 e. The number of nitrogens with one attached hydrogen (secondary N) is 1. The van der Waals surface area contributed by atoms with E-state index in [9.17, 15) is 10.4 Å². The fourth-order valence-electron chi connectivity index (χ4n) is 4.80. The molecule has 1 aromatic heterocycles. The maximum absolute atomic E-state index is 9.52. The number of anilines is 2. The zero-order valence-electron chi connectivity index (χ0n) is 18.8. The fraction of sp³-hybridized carbons (Fsp3) is 0.542. The molecule has 2 aliphatic heterocycles. The van der Waals surface area contributed by atoms with Gasteiger partial charge in [0.05, 0.1) is 18.8 Å². The van der Waals surface area contributed by atoms with Gasteiger partial charge in [0.15, 0.2) is 11.5 Å². The van der Waals surface area contributed by atoms with Gasteiger partial charge in [-0.25, -0.2) is 9.97 Å². The summed E-state index contributed by atoms with van der Waals surface area (Å²) >= 11 is 6.43. The van der Waals surface area contributed by atoms with Gasteiger partial charge in [0.1, 0.15) is 11.9 Å². The van der Waals surface area contributed by atoms with Gasteiger partial charge in [0.2, 0.25) is 0 Å². The molecule has 0 unspecified atom stereocenters. The molecule has 7 nitrogen and oxygen atoms in total. The van der Waals surface area contributed by atoms with Crippen molar-refractivity contribution in [3.05, 3.63) is 46.2 Å². The molecule has 170 valence electrons. The molecule has 3 heterocycles. The number of piperidine rings is 1. The first-order chi connectivity index (χ1) is 15.5. The van der Waals surface area contributed by atoms with Gasteiger partial charge in [0, 0.05) is 31.2 Å². The minimum absolute atomic E-state index is 0.108. The zero-order chi connectivity index (χ0) is 22.7. The number of rotatable bonds is 7. The molecule has 0 spiro atoms. The van der Waals surface area contributed by atoms with E-state index in [-0.39, 0.29) is 18.3 Å². The van der Waals surface area contributed by atoms with Crippen molar-refractivity contribution in [1.82, 2.24) is 14.9 Å². The summed E-state index contributed by atoms with van der Waals surface area (Å²) in [7, 11) is 0. The lowest BCUT2D eigenvalue weighted by Gasteiger charge is -2.47. The predicted molar refractivity (Wildman–Crippen MR) is 127 cm³/mol. The summed E-state index contributed by atoms with van der Waals surface area (Å²) in [4.78, 5) is 13.7. The van der Waals surface area contributed by atoms with Crippen LogP contribution in [0.3, 0.4) is 0 Å². The first-order valence-electron chi connectivity index (χ1n) is 11.4. The van der Waals surface area contributed by atoms with E-state index < -0.39 is 0 Å². The summed E-state index contributed by atoms with van der Waals surface area (Å²) in [6.07, 6.45) is 4.15. The maximum Gasteiger partial charge on any atom is 0.183 e. The molecule has 32 heavy (non-hydrogen) atoms. The molecule has 0 radical (unpaired) electrons. The van der Waals surface area contributed by atoms with Crippen LogP contribution in [-0.2, 0) is 0 Å². The van der Waals surface area contributed by atoms with E-state index in [0.29, 0.717) is 22.7 Å². The minimum Gasteiger partial charge on any atom is -0.395 e. The number of likely N-dealkylation sites (tertiary alicyclic amines) is 1. The van der Waals surface area contributed by atoms with Gasteiger partial charge >= 0.3 is 0 Å². The SMILES string of the molecule is Cc1ccc([C@@H](C)Nc2nc(N3CC([C@H]4CCCN(CCO)C4)C3)cnc2C#N)c(Cl)c1. The number of halogens is 1. The molecule has 4 rings (SSSR count). The van der Waals surface area contributed by atoms with Crippen molar-refractivity contribution in [2.45, 2.75) is 32.7 Å². The number of aromatic nitrogens is 2. The number of hydrogen-bond acceptors (Lipinski definition) is 7. The summed E-state index contributed by atoms with van der Waals surface area (Å²) in [6.45, 7) is 9.08. The Hall–Kier alpha value is -2.40. The lowest BCUT2D eigenvalue weighted by Crippen LogP contribution is -2.54. The Morgan fingerprint density at radius 2 is 2.12 bits per heavy atom. The van der Waals surface area contributed by atoms with Crippen molar-refractivity contribution >= 4 is 23.2 Å².